The number of fused-ring (bicyclic) bond motifs is 1. The summed E-state index contributed by atoms with van der Waals surface area (Å²) in [5, 5.41) is 11.7. The van der Waals surface area contributed by atoms with Gasteiger partial charge in [-0.05, 0) is 35.9 Å². The Balaban J connectivity index is 1.35. The van der Waals surface area contributed by atoms with Gasteiger partial charge in [0.1, 0.15) is 0 Å². The maximum absolute atomic E-state index is 12.9. The first-order chi connectivity index (χ1) is 13.6. The first kappa shape index (κ1) is 18.5. The number of nitriles is 1. The third kappa shape index (κ3) is 4.03. The molecule has 142 valence electrons. The molecule has 2 aromatic rings. The van der Waals surface area contributed by atoms with Crippen molar-refractivity contribution in [1.29, 1.82) is 5.26 Å². The fraction of sp³-hybridized carbons (Fsp3) is 0.286. The van der Waals surface area contributed by atoms with Gasteiger partial charge in [0.2, 0.25) is 5.91 Å². The molecular formula is C21H20N4O2S. The van der Waals surface area contributed by atoms with Crippen LogP contribution >= 0.6 is 11.8 Å². The minimum absolute atomic E-state index is 0.00523. The van der Waals surface area contributed by atoms with Crippen LogP contribution in [0.25, 0.3) is 0 Å². The Morgan fingerprint density at radius 3 is 2.57 bits per heavy atom. The fourth-order valence-electron chi connectivity index (χ4n) is 3.45. The highest BCUT2D eigenvalue weighted by Gasteiger charge is 2.24. The number of thioether (sulfide) groups is 1. The highest BCUT2D eigenvalue weighted by Crippen LogP contribution is 2.32. The summed E-state index contributed by atoms with van der Waals surface area (Å²) < 4.78 is 0. The molecule has 0 saturated carbocycles. The van der Waals surface area contributed by atoms with Gasteiger partial charge < -0.3 is 10.2 Å². The quantitative estimate of drug-likeness (QED) is 0.869. The Morgan fingerprint density at radius 2 is 1.86 bits per heavy atom. The van der Waals surface area contributed by atoms with E-state index >= 15 is 0 Å². The van der Waals surface area contributed by atoms with Crippen molar-refractivity contribution in [3.05, 3.63) is 59.2 Å². The smallest absolute Gasteiger partial charge is 0.254 e. The predicted molar refractivity (Wildman–Crippen MR) is 108 cm³/mol. The first-order valence-corrected chi connectivity index (χ1v) is 10.2. The van der Waals surface area contributed by atoms with Gasteiger partial charge in [-0.3, -0.25) is 14.5 Å². The molecule has 2 aliphatic heterocycles. The maximum Gasteiger partial charge on any atom is 0.254 e. The third-order valence-corrected chi connectivity index (χ3v) is 6.08. The molecule has 1 fully saturated rings. The molecule has 7 heteroatoms. The summed E-state index contributed by atoms with van der Waals surface area (Å²) in [6, 6.07) is 15.3. The van der Waals surface area contributed by atoms with E-state index in [2.05, 4.69) is 16.3 Å². The zero-order valence-electron chi connectivity index (χ0n) is 15.4. The van der Waals surface area contributed by atoms with E-state index in [-0.39, 0.29) is 11.8 Å². The van der Waals surface area contributed by atoms with E-state index < -0.39 is 0 Å². The Morgan fingerprint density at radius 1 is 1.11 bits per heavy atom. The van der Waals surface area contributed by atoms with Crippen molar-refractivity contribution in [2.24, 2.45) is 0 Å². The van der Waals surface area contributed by atoms with Crippen LogP contribution in [0.15, 0.2) is 47.4 Å². The van der Waals surface area contributed by atoms with E-state index in [4.69, 9.17) is 5.26 Å². The lowest BCUT2D eigenvalue weighted by molar-refractivity contribution is -0.113. The summed E-state index contributed by atoms with van der Waals surface area (Å²) in [5.41, 5.74) is 3.18. The molecule has 4 rings (SSSR count). The van der Waals surface area contributed by atoms with Crippen LogP contribution in [-0.4, -0.2) is 53.5 Å². The Hall–Kier alpha value is -2.82. The van der Waals surface area contributed by atoms with Crippen LogP contribution < -0.4 is 5.32 Å². The van der Waals surface area contributed by atoms with E-state index in [9.17, 15) is 9.59 Å². The van der Waals surface area contributed by atoms with E-state index in [0.29, 0.717) is 30.0 Å². The summed E-state index contributed by atoms with van der Waals surface area (Å²) >= 11 is 1.49. The van der Waals surface area contributed by atoms with E-state index in [1.807, 2.05) is 41.3 Å². The van der Waals surface area contributed by atoms with Crippen LogP contribution in [0.4, 0.5) is 5.69 Å². The summed E-state index contributed by atoms with van der Waals surface area (Å²) in [5.74, 6) is 0.394. The SMILES string of the molecule is N#Cc1ccc(CN2CCN(C(=O)c3ccc4c(c3)NC(=O)CS4)CC2)cc1. The number of amides is 2. The van der Waals surface area contributed by atoms with Crippen molar-refractivity contribution in [3.63, 3.8) is 0 Å². The molecule has 0 atom stereocenters. The molecule has 28 heavy (non-hydrogen) atoms. The van der Waals surface area contributed by atoms with Crippen molar-refractivity contribution < 1.29 is 9.59 Å². The number of benzene rings is 2. The monoisotopic (exact) mass is 392 g/mol. The molecule has 1 N–H and O–H groups in total. The average molecular weight is 392 g/mol. The number of carbonyl (C=O) groups excluding carboxylic acids is 2. The molecular weight excluding hydrogens is 372 g/mol. The third-order valence-electron chi connectivity index (χ3n) is 5.01. The number of hydrogen-bond donors (Lipinski definition) is 1. The number of hydrogen-bond acceptors (Lipinski definition) is 5. The van der Waals surface area contributed by atoms with Crippen molar-refractivity contribution >= 4 is 29.3 Å². The molecule has 2 amide bonds. The summed E-state index contributed by atoms with van der Waals surface area (Å²) in [7, 11) is 0. The predicted octanol–water partition coefficient (Wildman–Crippen LogP) is 2.56. The van der Waals surface area contributed by atoms with Crippen molar-refractivity contribution in [1.82, 2.24) is 9.80 Å². The highest BCUT2D eigenvalue weighted by atomic mass is 32.2. The summed E-state index contributed by atoms with van der Waals surface area (Å²) in [6.45, 7) is 3.78. The van der Waals surface area contributed by atoms with E-state index in [1.165, 1.54) is 17.3 Å². The minimum Gasteiger partial charge on any atom is -0.336 e. The molecule has 1 saturated heterocycles. The Bertz CT molecular complexity index is 944. The van der Waals surface area contributed by atoms with Gasteiger partial charge in [0.15, 0.2) is 0 Å². The normalized spacial score (nSPS) is 16.8. The second-order valence-electron chi connectivity index (χ2n) is 6.92. The van der Waals surface area contributed by atoms with Crippen LogP contribution in [0.5, 0.6) is 0 Å². The average Bonchev–Trinajstić information content (AvgIpc) is 2.74. The van der Waals surface area contributed by atoms with Gasteiger partial charge in [0, 0.05) is 43.2 Å². The zero-order valence-corrected chi connectivity index (χ0v) is 16.2. The van der Waals surface area contributed by atoms with Gasteiger partial charge in [-0.25, -0.2) is 0 Å². The highest BCUT2D eigenvalue weighted by molar-refractivity contribution is 8.00. The second-order valence-corrected chi connectivity index (χ2v) is 7.94. The van der Waals surface area contributed by atoms with Gasteiger partial charge >= 0.3 is 0 Å². The Kier molecular flexibility index (Phi) is 5.33. The van der Waals surface area contributed by atoms with Gasteiger partial charge in [-0.15, -0.1) is 11.8 Å². The van der Waals surface area contributed by atoms with Crippen molar-refractivity contribution in [3.8, 4) is 6.07 Å². The fourth-order valence-corrected chi connectivity index (χ4v) is 4.24. The number of anilines is 1. The van der Waals surface area contributed by atoms with Crippen LogP contribution in [0.3, 0.4) is 0 Å². The number of nitrogens with one attached hydrogen (secondary N) is 1. The van der Waals surface area contributed by atoms with Crippen LogP contribution in [0.2, 0.25) is 0 Å². The number of nitrogens with zero attached hydrogens (tertiary/aromatic N) is 3. The van der Waals surface area contributed by atoms with Crippen LogP contribution in [0, 0.1) is 11.3 Å². The minimum atomic E-state index is -0.0292. The zero-order chi connectivity index (χ0) is 19.5. The lowest BCUT2D eigenvalue weighted by atomic mass is 10.1. The summed E-state index contributed by atoms with van der Waals surface area (Å²) in [6.07, 6.45) is 0. The second kappa shape index (κ2) is 8.05. The number of piperazine rings is 1. The van der Waals surface area contributed by atoms with Gasteiger partial charge in [-0.2, -0.15) is 5.26 Å². The number of carbonyl (C=O) groups is 2. The molecule has 0 aliphatic carbocycles. The largest absolute Gasteiger partial charge is 0.336 e. The molecule has 2 aromatic carbocycles. The molecule has 0 spiro atoms. The van der Waals surface area contributed by atoms with Gasteiger partial charge in [0.05, 0.1) is 23.1 Å². The van der Waals surface area contributed by atoms with Crippen molar-refractivity contribution in [2.45, 2.75) is 11.4 Å². The molecule has 0 aromatic heterocycles. The van der Waals surface area contributed by atoms with E-state index in [1.54, 1.807) is 6.07 Å². The van der Waals surface area contributed by atoms with Gasteiger partial charge in [-0.1, -0.05) is 12.1 Å². The van der Waals surface area contributed by atoms with Gasteiger partial charge in [0.25, 0.3) is 5.91 Å². The number of rotatable bonds is 3. The molecule has 2 aliphatic rings. The van der Waals surface area contributed by atoms with Crippen LogP contribution in [0.1, 0.15) is 21.5 Å². The standard InChI is InChI=1S/C21H20N4O2S/c22-12-15-1-3-16(4-2-15)13-24-7-9-25(10-8-24)21(27)17-5-6-19-18(11-17)23-20(26)14-28-19/h1-6,11H,7-10,13-14H2,(H,23,26). The molecule has 0 radical (unpaired) electrons. The summed E-state index contributed by atoms with van der Waals surface area (Å²) in [4.78, 5) is 29.6. The molecule has 2 heterocycles. The first-order valence-electron chi connectivity index (χ1n) is 9.20. The van der Waals surface area contributed by atoms with Crippen molar-refractivity contribution in [2.75, 3.05) is 37.2 Å². The molecule has 0 bridgehead atoms. The topological polar surface area (TPSA) is 76.4 Å². The molecule has 0 unspecified atom stereocenters. The Labute approximate surface area is 168 Å². The lowest BCUT2D eigenvalue weighted by Gasteiger charge is -2.35. The van der Waals surface area contributed by atoms with Crippen LogP contribution in [-0.2, 0) is 11.3 Å². The maximum atomic E-state index is 12.9. The van der Waals surface area contributed by atoms with E-state index in [0.717, 1.165) is 30.2 Å². The molecule has 6 nitrogen and oxygen atoms in total. The lowest BCUT2D eigenvalue weighted by Crippen LogP contribution is -2.48.